The number of carbonyl (C=O) groups is 3. The maximum Gasteiger partial charge on any atom is 0.414 e. The van der Waals surface area contributed by atoms with Crippen LogP contribution in [0.3, 0.4) is 0 Å². The van der Waals surface area contributed by atoms with Gasteiger partial charge in [-0.2, -0.15) is 0 Å². The summed E-state index contributed by atoms with van der Waals surface area (Å²) < 4.78 is 12.2. The van der Waals surface area contributed by atoms with E-state index >= 15 is 0 Å². The molecule has 4 heterocycles. The molecule has 38 heavy (non-hydrogen) atoms. The summed E-state index contributed by atoms with van der Waals surface area (Å²) in [4.78, 5) is 52.3. The number of carbonyl (C=O) groups excluding carboxylic acids is 3. The van der Waals surface area contributed by atoms with E-state index in [0.717, 1.165) is 21.4 Å². The number of rotatable bonds is 7. The Hall–Kier alpha value is -3.83. The number of thioether (sulfide) groups is 1. The fourth-order valence-corrected chi connectivity index (χ4v) is 6.27. The van der Waals surface area contributed by atoms with Gasteiger partial charge in [0.25, 0.3) is 5.56 Å². The summed E-state index contributed by atoms with van der Waals surface area (Å²) in [6, 6.07) is 13.4. The number of anilines is 2. The second-order valence-electron chi connectivity index (χ2n) is 9.50. The molecule has 3 aliphatic rings. The summed E-state index contributed by atoms with van der Waals surface area (Å²) in [7, 11) is 1.32. The first-order valence-electron chi connectivity index (χ1n) is 12.4. The van der Waals surface area contributed by atoms with Crippen LogP contribution < -0.4 is 21.1 Å². The van der Waals surface area contributed by atoms with Gasteiger partial charge in [-0.1, -0.05) is 18.2 Å². The number of amides is 2. The molecule has 1 saturated heterocycles. The Morgan fingerprint density at radius 1 is 1.18 bits per heavy atom. The first-order chi connectivity index (χ1) is 18.4. The standard InChI is InChI=1S/C27H26N4O6S/c1-36-26(34)25-23(18-6-2-4-15-7-10-22(33)31(25)24(15)18)28-11-3-5-17-13-30(27(35)37-17)16-8-9-20-19(12-16)29-21(32)14-38-20/h2,4,6-10,12,17,23,25,28H,3,5,11,13-14H2,1H3,(H,29,32)/t17-,23-,25-/m0/s1. The van der Waals surface area contributed by atoms with Crippen LogP contribution in [0, 0.1) is 0 Å². The lowest BCUT2D eigenvalue weighted by Crippen LogP contribution is -2.36. The smallest absolute Gasteiger partial charge is 0.414 e. The fraction of sp³-hybridized carbons (Fsp3) is 0.333. The van der Waals surface area contributed by atoms with Crippen LogP contribution in [0.2, 0.25) is 0 Å². The Bertz CT molecular complexity index is 1520. The van der Waals surface area contributed by atoms with Gasteiger partial charge in [0.05, 0.1) is 36.7 Å². The van der Waals surface area contributed by atoms with Gasteiger partial charge in [0.2, 0.25) is 5.91 Å². The number of esters is 1. The highest BCUT2D eigenvalue weighted by Gasteiger charge is 2.40. The lowest BCUT2D eigenvalue weighted by molar-refractivity contribution is -0.145. The fourth-order valence-electron chi connectivity index (χ4n) is 5.48. The minimum atomic E-state index is -0.795. The normalized spacial score (nSPS) is 21.8. The first kappa shape index (κ1) is 24.5. The molecular weight excluding hydrogens is 508 g/mol. The molecule has 1 fully saturated rings. The topological polar surface area (TPSA) is 119 Å². The molecule has 2 aromatic carbocycles. The number of pyridine rings is 1. The molecule has 0 radical (unpaired) electrons. The molecule has 3 aromatic rings. The Labute approximate surface area is 222 Å². The first-order valence-corrected chi connectivity index (χ1v) is 13.4. The molecule has 2 amide bonds. The Morgan fingerprint density at radius 3 is 2.89 bits per heavy atom. The molecule has 0 bridgehead atoms. The monoisotopic (exact) mass is 534 g/mol. The van der Waals surface area contributed by atoms with Crippen molar-refractivity contribution in [3.05, 3.63) is 64.4 Å². The molecule has 3 atom stereocenters. The van der Waals surface area contributed by atoms with E-state index in [4.69, 9.17) is 9.47 Å². The second-order valence-corrected chi connectivity index (χ2v) is 10.5. The van der Waals surface area contributed by atoms with E-state index in [1.54, 1.807) is 17.0 Å². The Morgan fingerprint density at radius 2 is 2.05 bits per heavy atom. The third-order valence-electron chi connectivity index (χ3n) is 7.20. The number of hydrogen-bond donors (Lipinski definition) is 2. The predicted molar refractivity (Wildman–Crippen MR) is 143 cm³/mol. The summed E-state index contributed by atoms with van der Waals surface area (Å²) in [5.74, 6) is -0.156. The molecule has 6 rings (SSSR count). The minimum absolute atomic E-state index is 0.0602. The average molecular weight is 535 g/mol. The van der Waals surface area contributed by atoms with Crippen LogP contribution in [0.4, 0.5) is 16.2 Å². The van der Waals surface area contributed by atoms with Gasteiger partial charge in [-0.05, 0) is 54.6 Å². The van der Waals surface area contributed by atoms with Crippen molar-refractivity contribution in [3.63, 3.8) is 0 Å². The summed E-state index contributed by atoms with van der Waals surface area (Å²) in [6.07, 6.45) is 0.613. The van der Waals surface area contributed by atoms with E-state index in [1.165, 1.54) is 29.5 Å². The molecule has 3 aliphatic heterocycles. The van der Waals surface area contributed by atoms with E-state index in [-0.39, 0.29) is 17.6 Å². The zero-order chi connectivity index (χ0) is 26.4. The van der Waals surface area contributed by atoms with Gasteiger partial charge in [0, 0.05) is 16.6 Å². The minimum Gasteiger partial charge on any atom is -0.467 e. The van der Waals surface area contributed by atoms with Crippen molar-refractivity contribution >= 4 is 52.0 Å². The number of cyclic esters (lactones) is 1. The van der Waals surface area contributed by atoms with Gasteiger partial charge in [0.1, 0.15) is 6.10 Å². The molecule has 2 N–H and O–H groups in total. The molecule has 0 aliphatic carbocycles. The van der Waals surface area contributed by atoms with Crippen LogP contribution in [-0.2, 0) is 19.1 Å². The quantitative estimate of drug-likeness (QED) is 0.350. The van der Waals surface area contributed by atoms with Crippen LogP contribution in [0.5, 0.6) is 0 Å². The zero-order valence-corrected chi connectivity index (χ0v) is 21.5. The van der Waals surface area contributed by atoms with Gasteiger partial charge in [-0.25, -0.2) is 9.59 Å². The van der Waals surface area contributed by atoms with Crippen LogP contribution in [-0.4, -0.2) is 54.6 Å². The second kappa shape index (κ2) is 9.80. The van der Waals surface area contributed by atoms with E-state index in [0.29, 0.717) is 43.1 Å². The summed E-state index contributed by atoms with van der Waals surface area (Å²) in [6.45, 7) is 0.959. The number of hydrogen-bond acceptors (Lipinski definition) is 8. The highest BCUT2D eigenvalue weighted by atomic mass is 32.2. The highest BCUT2D eigenvalue weighted by molar-refractivity contribution is 8.00. The molecule has 10 nitrogen and oxygen atoms in total. The van der Waals surface area contributed by atoms with Crippen molar-refractivity contribution in [2.75, 3.05) is 36.2 Å². The van der Waals surface area contributed by atoms with Crippen LogP contribution in [0.15, 0.2) is 58.2 Å². The van der Waals surface area contributed by atoms with Crippen molar-refractivity contribution in [1.82, 2.24) is 9.88 Å². The van der Waals surface area contributed by atoms with Crippen molar-refractivity contribution in [2.24, 2.45) is 0 Å². The molecule has 0 saturated carbocycles. The third-order valence-corrected chi connectivity index (χ3v) is 8.28. The third kappa shape index (κ3) is 4.21. The van der Waals surface area contributed by atoms with Crippen molar-refractivity contribution < 1.29 is 23.9 Å². The van der Waals surface area contributed by atoms with Crippen molar-refractivity contribution in [2.45, 2.75) is 35.9 Å². The molecule has 196 valence electrons. The largest absolute Gasteiger partial charge is 0.467 e. The van der Waals surface area contributed by atoms with Crippen LogP contribution >= 0.6 is 11.8 Å². The van der Waals surface area contributed by atoms with Gasteiger partial charge < -0.3 is 20.1 Å². The Balaban J connectivity index is 1.10. The summed E-state index contributed by atoms with van der Waals surface area (Å²) in [5.41, 5.74) is 2.76. The SMILES string of the molecule is COC(=O)[C@@H]1[C@@H](NCCC[C@H]2CN(c3ccc4c(c3)NC(=O)CS4)C(=O)O2)c2cccc3ccc(=O)n1c23. The van der Waals surface area contributed by atoms with Gasteiger partial charge in [-0.3, -0.25) is 19.1 Å². The van der Waals surface area contributed by atoms with Crippen molar-refractivity contribution in [3.8, 4) is 0 Å². The molecule has 0 spiro atoms. The molecule has 0 unspecified atom stereocenters. The number of nitrogens with zero attached hydrogens (tertiary/aromatic N) is 2. The average Bonchev–Trinajstić information content (AvgIpc) is 3.46. The summed E-state index contributed by atoms with van der Waals surface area (Å²) >= 11 is 1.47. The maximum atomic E-state index is 12.7. The van der Waals surface area contributed by atoms with Gasteiger partial charge in [-0.15, -0.1) is 11.8 Å². The molecular formula is C27H26N4O6S. The molecule has 11 heteroatoms. The predicted octanol–water partition coefficient (Wildman–Crippen LogP) is 3.21. The van der Waals surface area contributed by atoms with E-state index in [1.807, 2.05) is 30.3 Å². The number of fused-ring (bicyclic) bond motifs is 1. The number of para-hydroxylation sites is 1. The van der Waals surface area contributed by atoms with Crippen LogP contribution in [0.1, 0.15) is 30.5 Å². The maximum absolute atomic E-state index is 12.7. The van der Waals surface area contributed by atoms with E-state index in [9.17, 15) is 19.2 Å². The summed E-state index contributed by atoms with van der Waals surface area (Å²) in [5, 5.41) is 7.18. The lowest BCUT2D eigenvalue weighted by atomic mass is 10.0. The van der Waals surface area contributed by atoms with Gasteiger partial charge >= 0.3 is 12.1 Å². The number of benzene rings is 2. The van der Waals surface area contributed by atoms with Crippen molar-refractivity contribution in [1.29, 1.82) is 0 Å². The lowest BCUT2D eigenvalue weighted by Gasteiger charge is -2.21. The van der Waals surface area contributed by atoms with E-state index in [2.05, 4.69) is 10.6 Å². The number of methoxy groups -OCH3 is 1. The Kier molecular flexibility index (Phi) is 6.32. The van der Waals surface area contributed by atoms with Crippen LogP contribution in [0.25, 0.3) is 10.9 Å². The number of aromatic nitrogens is 1. The van der Waals surface area contributed by atoms with Gasteiger partial charge in [0.15, 0.2) is 6.04 Å². The zero-order valence-electron chi connectivity index (χ0n) is 20.6. The number of nitrogens with one attached hydrogen (secondary N) is 2. The van der Waals surface area contributed by atoms with E-state index < -0.39 is 24.1 Å². The molecule has 1 aromatic heterocycles. The number of ether oxygens (including phenoxy) is 2. The highest BCUT2D eigenvalue weighted by Crippen LogP contribution is 2.40.